The van der Waals surface area contributed by atoms with Crippen LogP contribution in [0.5, 0.6) is 17.2 Å². The number of aromatic nitrogens is 3. The molecule has 0 spiro atoms. The molecule has 2 aromatic carbocycles. The maximum atomic E-state index is 11.5. The third kappa shape index (κ3) is 3.89. The van der Waals surface area contributed by atoms with Gasteiger partial charge in [-0.1, -0.05) is 30.0 Å². The standard InChI is InChI=1S/C19H17N3O5S/c1-24-18(23)11-28-19-21-20-17(22(19)13-5-3-2-4-6-13)10-25-14-7-8-15-16(9-14)27-12-26-15/h2-9H,10-12H2,1H3. The van der Waals surface area contributed by atoms with Gasteiger partial charge < -0.3 is 18.9 Å². The summed E-state index contributed by atoms with van der Waals surface area (Å²) in [5.41, 5.74) is 0.879. The molecule has 0 bridgehead atoms. The van der Waals surface area contributed by atoms with E-state index in [0.29, 0.717) is 28.2 Å². The van der Waals surface area contributed by atoms with Gasteiger partial charge in [-0.3, -0.25) is 9.36 Å². The highest BCUT2D eigenvalue weighted by molar-refractivity contribution is 7.99. The van der Waals surface area contributed by atoms with Crippen molar-refractivity contribution in [2.24, 2.45) is 0 Å². The second-order valence-electron chi connectivity index (χ2n) is 5.74. The van der Waals surface area contributed by atoms with Crippen molar-refractivity contribution in [2.45, 2.75) is 11.8 Å². The molecule has 3 aromatic rings. The number of hydrogen-bond acceptors (Lipinski definition) is 8. The second-order valence-corrected chi connectivity index (χ2v) is 6.68. The first-order chi connectivity index (χ1) is 13.7. The molecule has 144 valence electrons. The number of benzene rings is 2. The first-order valence-corrected chi connectivity index (χ1v) is 9.45. The average molecular weight is 399 g/mol. The number of methoxy groups -OCH3 is 1. The molecule has 2 heterocycles. The maximum absolute atomic E-state index is 11.5. The minimum absolute atomic E-state index is 0.143. The summed E-state index contributed by atoms with van der Waals surface area (Å²) in [6.45, 7) is 0.405. The highest BCUT2D eigenvalue weighted by Crippen LogP contribution is 2.35. The SMILES string of the molecule is COC(=O)CSc1nnc(COc2ccc3c(c2)OCO3)n1-c1ccccc1. The van der Waals surface area contributed by atoms with Gasteiger partial charge in [0.2, 0.25) is 6.79 Å². The van der Waals surface area contributed by atoms with Crippen LogP contribution in [0, 0.1) is 0 Å². The Kier molecular flexibility index (Phi) is 5.34. The fourth-order valence-corrected chi connectivity index (χ4v) is 3.42. The van der Waals surface area contributed by atoms with Gasteiger partial charge in [0.05, 0.1) is 12.9 Å². The van der Waals surface area contributed by atoms with Crippen LogP contribution in [0.3, 0.4) is 0 Å². The number of esters is 1. The predicted octanol–water partition coefficient (Wildman–Crippen LogP) is 2.84. The topological polar surface area (TPSA) is 84.7 Å². The molecular formula is C19H17N3O5S. The summed E-state index contributed by atoms with van der Waals surface area (Å²) >= 11 is 1.26. The molecule has 0 aliphatic carbocycles. The Morgan fingerprint density at radius 1 is 1.14 bits per heavy atom. The minimum Gasteiger partial charge on any atom is -0.485 e. The molecule has 0 unspecified atom stereocenters. The Bertz CT molecular complexity index is 977. The van der Waals surface area contributed by atoms with Crippen LogP contribution in [0.1, 0.15) is 5.82 Å². The van der Waals surface area contributed by atoms with E-state index in [1.165, 1.54) is 18.9 Å². The van der Waals surface area contributed by atoms with Gasteiger partial charge in [-0.05, 0) is 24.3 Å². The van der Waals surface area contributed by atoms with Gasteiger partial charge in [-0.25, -0.2) is 0 Å². The Morgan fingerprint density at radius 3 is 2.79 bits per heavy atom. The Balaban J connectivity index is 1.56. The first-order valence-electron chi connectivity index (χ1n) is 8.46. The van der Waals surface area contributed by atoms with Gasteiger partial charge in [0.1, 0.15) is 12.4 Å². The number of rotatable bonds is 7. The second kappa shape index (κ2) is 8.22. The van der Waals surface area contributed by atoms with E-state index in [0.717, 1.165) is 5.69 Å². The summed E-state index contributed by atoms with van der Waals surface area (Å²) < 4.78 is 23.1. The van der Waals surface area contributed by atoms with Crippen molar-refractivity contribution < 1.29 is 23.7 Å². The lowest BCUT2D eigenvalue weighted by molar-refractivity contribution is -0.137. The van der Waals surface area contributed by atoms with E-state index in [4.69, 9.17) is 18.9 Å². The largest absolute Gasteiger partial charge is 0.485 e. The van der Waals surface area contributed by atoms with Crippen molar-refractivity contribution in [3.63, 3.8) is 0 Å². The van der Waals surface area contributed by atoms with Crippen LogP contribution in [-0.2, 0) is 16.1 Å². The molecule has 0 saturated carbocycles. The van der Waals surface area contributed by atoms with Gasteiger partial charge in [-0.15, -0.1) is 10.2 Å². The van der Waals surface area contributed by atoms with Crippen molar-refractivity contribution in [3.05, 3.63) is 54.4 Å². The number of hydrogen-bond donors (Lipinski definition) is 0. The van der Waals surface area contributed by atoms with Crippen LogP contribution in [0.2, 0.25) is 0 Å². The predicted molar refractivity (Wildman–Crippen MR) is 101 cm³/mol. The van der Waals surface area contributed by atoms with Crippen LogP contribution < -0.4 is 14.2 Å². The summed E-state index contributed by atoms with van der Waals surface area (Å²) in [5, 5.41) is 9.04. The van der Waals surface area contributed by atoms with Gasteiger partial charge in [0, 0.05) is 11.8 Å². The van der Waals surface area contributed by atoms with Gasteiger partial charge in [-0.2, -0.15) is 0 Å². The molecule has 0 radical (unpaired) electrons. The Labute approximate surface area is 165 Å². The third-order valence-corrected chi connectivity index (χ3v) is 4.88. The van der Waals surface area contributed by atoms with E-state index in [-0.39, 0.29) is 25.1 Å². The first kappa shape index (κ1) is 18.2. The zero-order chi connectivity index (χ0) is 19.3. The normalized spacial score (nSPS) is 12.0. The van der Waals surface area contributed by atoms with Crippen molar-refractivity contribution in [2.75, 3.05) is 19.7 Å². The van der Waals surface area contributed by atoms with E-state index in [1.807, 2.05) is 41.0 Å². The maximum Gasteiger partial charge on any atom is 0.316 e. The van der Waals surface area contributed by atoms with Gasteiger partial charge in [0.25, 0.3) is 0 Å². The van der Waals surface area contributed by atoms with Crippen LogP contribution >= 0.6 is 11.8 Å². The van der Waals surface area contributed by atoms with Crippen molar-refractivity contribution >= 4 is 17.7 Å². The lowest BCUT2D eigenvalue weighted by atomic mass is 10.3. The molecule has 1 aliphatic rings. The van der Waals surface area contributed by atoms with Crippen LogP contribution in [0.25, 0.3) is 5.69 Å². The molecular weight excluding hydrogens is 382 g/mol. The Hall–Kier alpha value is -3.20. The van der Waals surface area contributed by atoms with E-state index in [2.05, 4.69) is 10.2 Å². The van der Waals surface area contributed by atoms with E-state index < -0.39 is 0 Å². The molecule has 0 N–H and O–H groups in total. The van der Waals surface area contributed by atoms with Gasteiger partial charge in [0.15, 0.2) is 22.5 Å². The van der Waals surface area contributed by atoms with E-state index in [1.54, 1.807) is 12.1 Å². The molecule has 1 aromatic heterocycles. The number of fused-ring (bicyclic) bond motifs is 1. The summed E-state index contributed by atoms with van der Waals surface area (Å²) in [4.78, 5) is 11.5. The van der Waals surface area contributed by atoms with Crippen LogP contribution in [-0.4, -0.2) is 40.4 Å². The van der Waals surface area contributed by atoms with E-state index >= 15 is 0 Å². The lowest BCUT2D eigenvalue weighted by Crippen LogP contribution is -2.08. The number of para-hydroxylation sites is 1. The number of thioether (sulfide) groups is 1. The summed E-state index contributed by atoms with van der Waals surface area (Å²) in [6.07, 6.45) is 0. The summed E-state index contributed by atoms with van der Waals surface area (Å²) in [6, 6.07) is 15.0. The smallest absolute Gasteiger partial charge is 0.316 e. The Morgan fingerprint density at radius 2 is 1.96 bits per heavy atom. The van der Waals surface area contributed by atoms with Crippen molar-refractivity contribution in [1.82, 2.24) is 14.8 Å². The molecule has 9 heteroatoms. The molecule has 0 saturated heterocycles. The van der Waals surface area contributed by atoms with Gasteiger partial charge >= 0.3 is 5.97 Å². The molecule has 0 fully saturated rings. The summed E-state index contributed by atoms with van der Waals surface area (Å²) in [7, 11) is 1.36. The van der Waals surface area contributed by atoms with Crippen LogP contribution in [0.4, 0.5) is 0 Å². The third-order valence-electron chi connectivity index (χ3n) is 3.97. The monoisotopic (exact) mass is 399 g/mol. The van der Waals surface area contributed by atoms with Crippen molar-refractivity contribution in [1.29, 1.82) is 0 Å². The number of carbonyl (C=O) groups excluding carboxylic acids is 1. The highest BCUT2D eigenvalue weighted by Gasteiger charge is 2.18. The summed E-state index contributed by atoms with van der Waals surface area (Å²) in [5.74, 6) is 2.40. The zero-order valence-electron chi connectivity index (χ0n) is 15.0. The highest BCUT2D eigenvalue weighted by atomic mass is 32.2. The molecule has 28 heavy (non-hydrogen) atoms. The fourth-order valence-electron chi connectivity index (χ4n) is 2.62. The minimum atomic E-state index is -0.328. The molecule has 0 amide bonds. The molecule has 1 aliphatic heterocycles. The van der Waals surface area contributed by atoms with E-state index in [9.17, 15) is 4.79 Å². The van der Waals surface area contributed by atoms with Crippen LogP contribution in [0.15, 0.2) is 53.7 Å². The number of ether oxygens (including phenoxy) is 4. The van der Waals surface area contributed by atoms with Crippen molar-refractivity contribution in [3.8, 4) is 22.9 Å². The number of carbonyl (C=O) groups is 1. The molecule has 8 nitrogen and oxygen atoms in total. The molecule has 4 rings (SSSR count). The number of nitrogens with zero attached hydrogens (tertiary/aromatic N) is 3. The quantitative estimate of drug-likeness (QED) is 0.443. The lowest BCUT2D eigenvalue weighted by Gasteiger charge is -2.11. The fraction of sp³-hybridized carbons (Fsp3) is 0.211. The molecule has 0 atom stereocenters. The zero-order valence-corrected chi connectivity index (χ0v) is 15.8. The average Bonchev–Trinajstić information content (AvgIpc) is 3.37.